The van der Waals surface area contributed by atoms with Crippen LogP contribution in [0.15, 0.2) is 47.4 Å². The zero-order chi connectivity index (χ0) is 15.2. The second-order valence-electron chi connectivity index (χ2n) is 4.75. The summed E-state index contributed by atoms with van der Waals surface area (Å²) in [4.78, 5) is 1.22. The van der Waals surface area contributed by atoms with Crippen LogP contribution < -0.4 is 10.5 Å². The van der Waals surface area contributed by atoms with Crippen LogP contribution in [0.3, 0.4) is 0 Å². The fourth-order valence-corrected chi connectivity index (χ4v) is 2.87. The molecule has 0 aliphatic rings. The third-order valence-corrected chi connectivity index (χ3v) is 4.22. The van der Waals surface area contributed by atoms with Crippen LogP contribution in [-0.4, -0.2) is 12.9 Å². The van der Waals surface area contributed by atoms with E-state index in [0.29, 0.717) is 12.0 Å². The molecule has 0 bridgehead atoms. The first-order valence-electron chi connectivity index (χ1n) is 6.95. The van der Waals surface area contributed by atoms with Crippen molar-refractivity contribution in [1.82, 2.24) is 0 Å². The van der Waals surface area contributed by atoms with E-state index in [0.717, 1.165) is 11.3 Å². The highest BCUT2D eigenvalue weighted by molar-refractivity contribution is 7.99. The van der Waals surface area contributed by atoms with Gasteiger partial charge in [-0.1, -0.05) is 31.2 Å². The maximum absolute atomic E-state index is 14.1. The molecule has 0 heterocycles. The van der Waals surface area contributed by atoms with Crippen molar-refractivity contribution in [3.63, 3.8) is 0 Å². The van der Waals surface area contributed by atoms with E-state index in [2.05, 4.69) is 19.1 Å². The molecule has 0 aliphatic heterocycles. The fraction of sp³-hybridized carbons (Fsp3) is 0.294. The number of thioether (sulfide) groups is 1. The van der Waals surface area contributed by atoms with Gasteiger partial charge in [-0.15, -0.1) is 11.8 Å². The van der Waals surface area contributed by atoms with Gasteiger partial charge in [-0.25, -0.2) is 4.39 Å². The number of methoxy groups -OCH3 is 1. The SMILES string of the molecule is CCSc1ccc(C(N)Cc2cccc(OC)c2F)cc1. The average molecular weight is 305 g/mol. The van der Waals surface area contributed by atoms with Crippen LogP contribution in [0, 0.1) is 5.82 Å². The van der Waals surface area contributed by atoms with Gasteiger partial charge in [0.25, 0.3) is 0 Å². The molecule has 112 valence electrons. The molecule has 0 spiro atoms. The average Bonchev–Trinajstić information content (AvgIpc) is 2.50. The van der Waals surface area contributed by atoms with Crippen molar-refractivity contribution in [3.05, 3.63) is 59.4 Å². The van der Waals surface area contributed by atoms with Gasteiger partial charge in [0.05, 0.1) is 7.11 Å². The summed E-state index contributed by atoms with van der Waals surface area (Å²) in [5.74, 6) is 0.975. The van der Waals surface area contributed by atoms with Gasteiger partial charge in [-0.3, -0.25) is 0 Å². The number of rotatable bonds is 6. The Kier molecular flexibility index (Phi) is 5.65. The summed E-state index contributed by atoms with van der Waals surface area (Å²) < 4.78 is 19.1. The highest BCUT2D eigenvalue weighted by atomic mass is 32.2. The van der Waals surface area contributed by atoms with Crippen LogP contribution in [0.5, 0.6) is 5.75 Å². The molecule has 1 atom stereocenters. The van der Waals surface area contributed by atoms with Crippen LogP contribution in [0.2, 0.25) is 0 Å². The molecule has 0 saturated carbocycles. The molecular formula is C17H20FNOS. The molecule has 0 radical (unpaired) electrons. The Morgan fingerprint density at radius 1 is 1.19 bits per heavy atom. The van der Waals surface area contributed by atoms with Crippen LogP contribution in [0.4, 0.5) is 4.39 Å². The molecule has 0 saturated heterocycles. The molecule has 2 nitrogen and oxygen atoms in total. The Labute approximate surface area is 129 Å². The van der Waals surface area contributed by atoms with Crippen molar-refractivity contribution in [1.29, 1.82) is 0 Å². The summed E-state index contributed by atoms with van der Waals surface area (Å²) in [5.41, 5.74) is 7.79. The molecule has 2 aromatic rings. The summed E-state index contributed by atoms with van der Waals surface area (Å²) >= 11 is 1.79. The van der Waals surface area contributed by atoms with Crippen LogP contribution in [0.1, 0.15) is 24.1 Å². The van der Waals surface area contributed by atoms with Gasteiger partial charge in [-0.2, -0.15) is 0 Å². The van der Waals surface area contributed by atoms with E-state index in [4.69, 9.17) is 10.5 Å². The van der Waals surface area contributed by atoms with Gasteiger partial charge in [0.15, 0.2) is 11.6 Å². The van der Waals surface area contributed by atoms with Crippen molar-refractivity contribution in [2.75, 3.05) is 12.9 Å². The topological polar surface area (TPSA) is 35.2 Å². The van der Waals surface area contributed by atoms with Gasteiger partial charge in [-0.05, 0) is 41.5 Å². The summed E-state index contributed by atoms with van der Waals surface area (Å²) in [7, 11) is 1.46. The first kappa shape index (κ1) is 15.9. The number of hydrogen-bond acceptors (Lipinski definition) is 3. The number of hydrogen-bond donors (Lipinski definition) is 1. The first-order chi connectivity index (χ1) is 10.2. The van der Waals surface area contributed by atoms with E-state index in [-0.39, 0.29) is 17.6 Å². The van der Waals surface area contributed by atoms with Crippen molar-refractivity contribution in [3.8, 4) is 5.75 Å². The molecule has 0 aliphatic carbocycles. The molecule has 2 rings (SSSR count). The Balaban J connectivity index is 2.12. The number of ether oxygens (including phenoxy) is 1. The standard InChI is InChI=1S/C17H20FNOS/c1-3-21-14-9-7-12(8-10-14)15(19)11-13-5-4-6-16(20-2)17(13)18/h4-10,15H,3,11,19H2,1-2H3. The van der Waals surface area contributed by atoms with E-state index in [1.165, 1.54) is 12.0 Å². The Morgan fingerprint density at radius 3 is 2.52 bits per heavy atom. The quantitative estimate of drug-likeness (QED) is 0.813. The van der Waals surface area contributed by atoms with Gasteiger partial charge in [0.1, 0.15) is 0 Å². The van der Waals surface area contributed by atoms with Crippen molar-refractivity contribution >= 4 is 11.8 Å². The maximum Gasteiger partial charge on any atom is 0.168 e. The molecule has 4 heteroatoms. The third-order valence-electron chi connectivity index (χ3n) is 3.32. The van der Waals surface area contributed by atoms with Crippen molar-refractivity contribution in [2.45, 2.75) is 24.3 Å². The smallest absolute Gasteiger partial charge is 0.168 e. The lowest BCUT2D eigenvalue weighted by molar-refractivity contribution is 0.383. The molecular weight excluding hydrogens is 285 g/mol. The molecule has 2 aromatic carbocycles. The van der Waals surface area contributed by atoms with Gasteiger partial charge >= 0.3 is 0 Å². The van der Waals surface area contributed by atoms with Crippen LogP contribution >= 0.6 is 11.8 Å². The number of benzene rings is 2. The number of halogens is 1. The summed E-state index contributed by atoms with van der Waals surface area (Å²) in [6.07, 6.45) is 0.448. The van der Waals surface area contributed by atoms with Crippen molar-refractivity contribution in [2.24, 2.45) is 5.73 Å². The number of nitrogens with two attached hydrogens (primary N) is 1. The molecule has 2 N–H and O–H groups in total. The lowest BCUT2D eigenvalue weighted by Gasteiger charge is -2.14. The van der Waals surface area contributed by atoms with E-state index in [1.807, 2.05) is 12.1 Å². The van der Waals surface area contributed by atoms with E-state index >= 15 is 0 Å². The first-order valence-corrected chi connectivity index (χ1v) is 7.94. The summed E-state index contributed by atoms with van der Waals surface area (Å²) in [6.45, 7) is 2.12. The maximum atomic E-state index is 14.1. The zero-order valence-electron chi connectivity index (χ0n) is 12.3. The van der Waals surface area contributed by atoms with E-state index in [1.54, 1.807) is 30.0 Å². The van der Waals surface area contributed by atoms with Gasteiger partial charge in [0.2, 0.25) is 0 Å². The molecule has 21 heavy (non-hydrogen) atoms. The minimum absolute atomic E-state index is 0.229. The van der Waals surface area contributed by atoms with Crippen LogP contribution in [-0.2, 0) is 6.42 Å². The summed E-state index contributed by atoms with van der Waals surface area (Å²) in [6, 6.07) is 13.1. The van der Waals surface area contributed by atoms with Gasteiger partial charge < -0.3 is 10.5 Å². The van der Waals surface area contributed by atoms with Crippen LogP contribution in [0.25, 0.3) is 0 Å². The predicted octanol–water partition coefficient (Wildman–Crippen LogP) is 4.19. The normalized spacial score (nSPS) is 12.2. The van der Waals surface area contributed by atoms with E-state index < -0.39 is 0 Å². The van der Waals surface area contributed by atoms with Crippen molar-refractivity contribution < 1.29 is 9.13 Å². The second-order valence-corrected chi connectivity index (χ2v) is 6.08. The fourth-order valence-electron chi connectivity index (χ4n) is 2.20. The zero-order valence-corrected chi connectivity index (χ0v) is 13.1. The molecule has 0 amide bonds. The monoisotopic (exact) mass is 305 g/mol. The van der Waals surface area contributed by atoms with E-state index in [9.17, 15) is 4.39 Å². The minimum atomic E-state index is -0.325. The third kappa shape index (κ3) is 3.99. The summed E-state index contributed by atoms with van der Waals surface area (Å²) in [5, 5.41) is 0. The predicted molar refractivity (Wildman–Crippen MR) is 86.4 cm³/mol. The Bertz CT molecular complexity index is 586. The molecule has 0 aromatic heterocycles. The lowest BCUT2D eigenvalue weighted by Crippen LogP contribution is -2.14. The lowest BCUT2D eigenvalue weighted by atomic mass is 9.99. The van der Waals surface area contributed by atoms with Gasteiger partial charge in [0, 0.05) is 10.9 Å². The Morgan fingerprint density at radius 2 is 1.90 bits per heavy atom. The second kappa shape index (κ2) is 7.48. The minimum Gasteiger partial charge on any atom is -0.494 e. The molecule has 0 fully saturated rings. The highest BCUT2D eigenvalue weighted by Gasteiger charge is 2.13. The Hall–Kier alpha value is -1.52. The molecule has 1 unspecified atom stereocenters. The largest absolute Gasteiger partial charge is 0.494 e. The highest BCUT2D eigenvalue weighted by Crippen LogP contribution is 2.25.